The molecule has 2 aromatic rings. The summed E-state index contributed by atoms with van der Waals surface area (Å²) in [5.74, 6) is 0.721. The van der Waals surface area contributed by atoms with Crippen molar-refractivity contribution in [2.75, 3.05) is 51.2 Å². The van der Waals surface area contributed by atoms with Gasteiger partial charge in [-0.05, 0) is 36.1 Å². The number of aliphatic imine (C=N–C) groups is 1. The third-order valence-corrected chi connectivity index (χ3v) is 6.42. The van der Waals surface area contributed by atoms with Gasteiger partial charge in [0.05, 0.1) is 11.8 Å². The minimum absolute atomic E-state index is 0.128. The molecule has 2 heterocycles. The molecule has 2 aliphatic rings. The van der Waals surface area contributed by atoms with Crippen molar-refractivity contribution in [1.29, 1.82) is 0 Å². The molecule has 7 heteroatoms. The number of piperidine rings is 1. The van der Waals surface area contributed by atoms with Crippen LogP contribution >= 0.6 is 0 Å². The zero-order valence-electron chi connectivity index (χ0n) is 18.9. The third kappa shape index (κ3) is 5.78. The van der Waals surface area contributed by atoms with E-state index in [4.69, 9.17) is 0 Å². The van der Waals surface area contributed by atoms with Crippen LogP contribution in [0.25, 0.3) is 0 Å². The number of piperazine rings is 1. The van der Waals surface area contributed by atoms with E-state index in [1.807, 2.05) is 19.2 Å². The van der Waals surface area contributed by atoms with E-state index in [9.17, 15) is 9.50 Å². The number of nitrogens with zero attached hydrogens (tertiary/aromatic N) is 4. The first kappa shape index (κ1) is 22.6. The van der Waals surface area contributed by atoms with Crippen LogP contribution < -0.4 is 10.2 Å². The lowest BCUT2D eigenvalue weighted by molar-refractivity contribution is 0.0792. The molecule has 172 valence electrons. The molecule has 2 fully saturated rings. The smallest absolute Gasteiger partial charge is 0.194 e. The molecule has 0 aliphatic carbocycles. The number of guanidine groups is 1. The lowest BCUT2D eigenvalue weighted by Gasteiger charge is -2.37. The van der Waals surface area contributed by atoms with E-state index < -0.39 is 0 Å². The maximum Gasteiger partial charge on any atom is 0.194 e. The molecule has 0 aromatic heterocycles. The zero-order chi connectivity index (χ0) is 22.3. The predicted octanol–water partition coefficient (Wildman–Crippen LogP) is 2.68. The van der Waals surface area contributed by atoms with E-state index in [1.165, 1.54) is 17.2 Å². The Bertz CT molecular complexity index is 887. The van der Waals surface area contributed by atoms with Crippen LogP contribution in [0.3, 0.4) is 0 Å². The molecule has 2 aliphatic heterocycles. The molecule has 6 nitrogen and oxygen atoms in total. The predicted molar refractivity (Wildman–Crippen MR) is 127 cm³/mol. The number of likely N-dealkylation sites (tertiary alicyclic amines) is 1. The number of aliphatic hydroxyl groups is 1. The minimum Gasteiger partial charge on any atom is -0.393 e. The molecular formula is C25H34FN5O. The molecule has 0 radical (unpaired) electrons. The van der Waals surface area contributed by atoms with E-state index in [0.717, 1.165) is 71.2 Å². The minimum atomic E-state index is -0.162. The van der Waals surface area contributed by atoms with Gasteiger partial charge in [0.25, 0.3) is 0 Å². The Morgan fingerprint density at radius 2 is 1.62 bits per heavy atom. The maximum absolute atomic E-state index is 14.1. The number of aliphatic hydroxyl groups excluding tert-OH is 1. The summed E-state index contributed by atoms with van der Waals surface area (Å²) in [6.07, 6.45) is 1.61. The fourth-order valence-electron chi connectivity index (χ4n) is 4.48. The van der Waals surface area contributed by atoms with Gasteiger partial charge in [-0.25, -0.2) is 4.39 Å². The van der Waals surface area contributed by atoms with Crippen LogP contribution in [0.4, 0.5) is 10.1 Å². The molecule has 0 atom stereocenters. The summed E-state index contributed by atoms with van der Waals surface area (Å²) in [6.45, 7) is 6.73. The number of para-hydroxylation sites is 1. The van der Waals surface area contributed by atoms with Crippen molar-refractivity contribution in [1.82, 2.24) is 15.1 Å². The van der Waals surface area contributed by atoms with Crippen molar-refractivity contribution in [3.63, 3.8) is 0 Å². The molecule has 2 N–H and O–H groups in total. The van der Waals surface area contributed by atoms with Crippen molar-refractivity contribution >= 4 is 11.6 Å². The van der Waals surface area contributed by atoms with Gasteiger partial charge in [-0.2, -0.15) is 0 Å². The van der Waals surface area contributed by atoms with E-state index in [-0.39, 0.29) is 11.9 Å². The lowest BCUT2D eigenvalue weighted by Crippen LogP contribution is -2.52. The zero-order valence-corrected chi connectivity index (χ0v) is 18.9. The number of rotatable bonds is 5. The highest BCUT2D eigenvalue weighted by atomic mass is 19.1. The van der Waals surface area contributed by atoms with Crippen molar-refractivity contribution < 1.29 is 9.50 Å². The second kappa shape index (κ2) is 10.8. The number of hydrogen-bond donors (Lipinski definition) is 2. The largest absolute Gasteiger partial charge is 0.393 e. The second-order valence-electron chi connectivity index (χ2n) is 8.65. The summed E-state index contributed by atoms with van der Waals surface area (Å²) in [6, 6.07) is 15.7. The highest BCUT2D eigenvalue weighted by Crippen LogP contribution is 2.20. The molecule has 0 unspecified atom stereocenters. The first-order valence-corrected chi connectivity index (χ1v) is 11.6. The van der Waals surface area contributed by atoms with Gasteiger partial charge in [-0.1, -0.05) is 36.4 Å². The van der Waals surface area contributed by atoms with Crippen LogP contribution in [0.15, 0.2) is 53.5 Å². The standard InChI is InChI=1S/C25H34FN5O/c1-27-25(31-16-14-30(15-17-31)24-5-3-2-4-23(24)26)28-18-20-6-8-21(9-7-20)19-29-12-10-22(32)11-13-29/h2-9,22,32H,10-19H2,1H3,(H,27,28). The normalized spacial score (nSPS) is 18.8. The lowest BCUT2D eigenvalue weighted by atomic mass is 10.1. The molecule has 0 spiro atoms. The van der Waals surface area contributed by atoms with Crippen LogP contribution in [-0.2, 0) is 13.1 Å². The second-order valence-corrected chi connectivity index (χ2v) is 8.65. The summed E-state index contributed by atoms with van der Waals surface area (Å²) < 4.78 is 14.1. The first-order chi connectivity index (χ1) is 15.6. The van der Waals surface area contributed by atoms with E-state index in [1.54, 1.807) is 6.07 Å². The Kier molecular flexibility index (Phi) is 7.60. The van der Waals surface area contributed by atoms with Gasteiger partial charge in [-0.15, -0.1) is 0 Å². The van der Waals surface area contributed by atoms with E-state index in [0.29, 0.717) is 5.69 Å². The number of hydrogen-bond acceptors (Lipinski definition) is 4. The molecule has 4 rings (SSSR count). The summed E-state index contributed by atoms with van der Waals surface area (Å²) >= 11 is 0. The quantitative estimate of drug-likeness (QED) is 0.554. The topological polar surface area (TPSA) is 54.3 Å². The number of halogens is 1. The van der Waals surface area contributed by atoms with Crippen LogP contribution in [0.1, 0.15) is 24.0 Å². The fraction of sp³-hybridized carbons (Fsp3) is 0.480. The molecule has 2 aromatic carbocycles. The number of anilines is 1. The van der Waals surface area contributed by atoms with Gasteiger partial charge in [0.1, 0.15) is 5.82 Å². The molecule has 2 saturated heterocycles. The maximum atomic E-state index is 14.1. The summed E-state index contributed by atoms with van der Waals surface area (Å²) in [5, 5.41) is 13.1. The van der Waals surface area contributed by atoms with Gasteiger partial charge in [0, 0.05) is 59.4 Å². The Morgan fingerprint density at radius 3 is 2.28 bits per heavy atom. The van der Waals surface area contributed by atoms with E-state index in [2.05, 4.69) is 49.3 Å². The van der Waals surface area contributed by atoms with Crippen molar-refractivity contribution in [3.05, 3.63) is 65.5 Å². The Morgan fingerprint density at radius 1 is 0.969 bits per heavy atom. The van der Waals surface area contributed by atoms with Gasteiger partial charge >= 0.3 is 0 Å². The fourth-order valence-corrected chi connectivity index (χ4v) is 4.48. The molecule has 0 amide bonds. The highest BCUT2D eigenvalue weighted by Gasteiger charge is 2.21. The average molecular weight is 440 g/mol. The SMILES string of the molecule is CN=C(NCc1ccc(CN2CCC(O)CC2)cc1)N1CCN(c2ccccc2F)CC1. The van der Waals surface area contributed by atoms with Gasteiger partial charge < -0.3 is 20.2 Å². The van der Waals surface area contributed by atoms with Crippen molar-refractivity contribution in [2.24, 2.45) is 4.99 Å². The van der Waals surface area contributed by atoms with Crippen molar-refractivity contribution in [3.8, 4) is 0 Å². The van der Waals surface area contributed by atoms with Gasteiger partial charge in [-0.3, -0.25) is 9.89 Å². The highest BCUT2D eigenvalue weighted by molar-refractivity contribution is 5.80. The van der Waals surface area contributed by atoms with Crippen LogP contribution in [0, 0.1) is 5.82 Å². The van der Waals surface area contributed by atoms with Crippen LogP contribution in [-0.4, -0.2) is 73.3 Å². The molecule has 0 bridgehead atoms. The number of benzene rings is 2. The summed E-state index contributed by atoms with van der Waals surface area (Å²) in [4.78, 5) is 11.2. The Labute approximate surface area is 190 Å². The van der Waals surface area contributed by atoms with Crippen molar-refractivity contribution in [2.45, 2.75) is 32.0 Å². The van der Waals surface area contributed by atoms with Crippen LogP contribution in [0.2, 0.25) is 0 Å². The molecule has 0 saturated carbocycles. The molecular weight excluding hydrogens is 405 g/mol. The Balaban J connectivity index is 1.24. The third-order valence-electron chi connectivity index (χ3n) is 6.42. The monoisotopic (exact) mass is 439 g/mol. The first-order valence-electron chi connectivity index (χ1n) is 11.6. The average Bonchev–Trinajstić information content (AvgIpc) is 2.83. The van der Waals surface area contributed by atoms with E-state index >= 15 is 0 Å². The van der Waals surface area contributed by atoms with Gasteiger partial charge in [0.2, 0.25) is 0 Å². The van der Waals surface area contributed by atoms with Crippen LogP contribution in [0.5, 0.6) is 0 Å². The molecule has 32 heavy (non-hydrogen) atoms. The summed E-state index contributed by atoms with van der Waals surface area (Å²) in [7, 11) is 1.81. The van der Waals surface area contributed by atoms with Gasteiger partial charge in [0.15, 0.2) is 5.96 Å². The number of nitrogens with one attached hydrogen (secondary N) is 1. The Hall–Kier alpha value is -2.64. The summed E-state index contributed by atoms with van der Waals surface area (Å²) in [5.41, 5.74) is 3.20.